The summed E-state index contributed by atoms with van der Waals surface area (Å²) in [7, 11) is 0. The maximum Gasteiger partial charge on any atom is 0.174 e. The van der Waals surface area contributed by atoms with E-state index in [1.54, 1.807) is 0 Å². The molecule has 0 spiro atoms. The standard InChI is InChI=1S/C15H20N2O3/c1-3-18-15-9-12(6-7-16)4-5-14(15)19-10-13-8-11(2)17-20-13/h4-5,8-9H,3,6-7,10,16H2,1-2H3. The Hall–Kier alpha value is -2.01. The topological polar surface area (TPSA) is 70.5 Å². The van der Waals surface area contributed by atoms with Gasteiger partial charge in [-0.05, 0) is 44.5 Å². The van der Waals surface area contributed by atoms with Gasteiger partial charge in [0.1, 0.15) is 6.61 Å². The third kappa shape index (κ3) is 3.74. The molecule has 20 heavy (non-hydrogen) atoms. The lowest BCUT2D eigenvalue weighted by molar-refractivity contribution is 0.233. The van der Waals surface area contributed by atoms with Crippen molar-refractivity contribution >= 4 is 0 Å². The average Bonchev–Trinajstić information content (AvgIpc) is 2.84. The first-order valence-electron chi connectivity index (χ1n) is 6.73. The lowest BCUT2D eigenvalue weighted by Gasteiger charge is -2.12. The molecule has 0 bridgehead atoms. The maximum absolute atomic E-state index is 5.73. The van der Waals surface area contributed by atoms with Crippen LogP contribution in [0.2, 0.25) is 0 Å². The highest BCUT2D eigenvalue weighted by Gasteiger charge is 2.08. The Labute approximate surface area is 118 Å². The molecule has 0 atom stereocenters. The van der Waals surface area contributed by atoms with Gasteiger partial charge in [-0.3, -0.25) is 0 Å². The fourth-order valence-electron chi connectivity index (χ4n) is 1.90. The van der Waals surface area contributed by atoms with Gasteiger partial charge in [0, 0.05) is 6.07 Å². The molecule has 0 aliphatic carbocycles. The molecule has 0 aliphatic heterocycles. The van der Waals surface area contributed by atoms with Gasteiger partial charge in [-0.15, -0.1) is 0 Å². The van der Waals surface area contributed by atoms with E-state index in [0.717, 1.165) is 23.4 Å². The molecule has 2 rings (SSSR count). The minimum atomic E-state index is 0.331. The van der Waals surface area contributed by atoms with Crippen LogP contribution in [0.1, 0.15) is 23.9 Å². The van der Waals surface area contributed by atoms with Crippen molar-refractivity contribution in [1.82, 2.24) is 5.16 Å². The fraction of sp³-hybridized carbons (Fsp3) is 0.400. The van der Waals surface area contributed by atoms with Gasteiger partial charge in [0.25, 0.3) is 0 Å². The van der Waals surface area contributed by atoms with E-state index in [2.05, 4.69) is 5.16 Å². The Morgan fingerprint density at radius 2 is 2.05 bits per heavy atom. The van der Waals surface area contributed by atoms with Crippen molar-refractivity contribution < 1.29 is 14.0 Å². The zero-order chi connectivity index (χ0) is 14.4. The van der Waals surface area contributed by atoms with Crippen molar-refractivity contribution in [3.05, 3.63) is 41.3 Å². The lowest BCUT2D eigenvalue weighted by atomic mass is 10.1. The van der Waals surface area contributed by atoms with Crippen molar-refractivity contribution in [1.29, 1.82) is 0 Å². The predicted molar refractivity (Wildman–Crippen MR) is 75.9 cm³/mol. The molecule has 0 amide bonds. The Balaban J connectivity index is 2.09. The Bertz CT molecular complexity index is 552. The molecule has 0 fully saturated rings. The molecule has 5 nitrogen and oxygen atoms in total. The van der Waals surface area contributed by atoms with Gasteiger partial charge in [-0.2, -0.15) is 0 Å². The van der Waals surface area contributed by atoms with Crippen molar-refractivity contribution in [3.63, 3.8) is 0 Å². The van der Waals surface area contributed by atoms with Crippen LogP contribution in [-0.4, -0.2) is 18.3 Å². The molecule has 0 radical (unpaired) electrons. The highest BCUT2D eigenvalue weighted by molar-refractivity contribution is 5.43. The van der Waals surface area contributed by atoms with Gasteiger partial charge in [0.05, 0.1) is 12.3 Å². The summed E-state index contributed by atoms with van der Waals surface area (Å²) in [5.74, 6) is 2.12. The minimum absolute atomic E-state index is 0.331. The van der Waals surface area contributed by atoms with E-state index in [4.69, 9.17) is 19.7 Å². The number of rotatable bonds is 7. The molecule has 108 valence electrons. The molecular weight excluding hydrogens is 256 g/mol. The maximum atomic E-state index is 5.73. The van der Waals surface area contributed by atoms with Gasteiger partial charge in [0.15, 0.2) is 17.3 Å². The van der Waals surface area contributed by atoms with E-state index >= 15 is 0 Å². The summed E-state index contributed by atoms with van der Waals surface area (Å²) < 4.78 is 16.5. The average molecular weight is 276 g/mol. The van der Waals surface area contributed by atoms with Crippen LogP contribution in [0.3, 0.4) is 0 Å². The van der Waals surface area contributed by atoms with Crippen LogP contribution in [0.5, 0.6) is 11.5 Å². The SMILES string of the molecule is CCOc1cc(CCN)ccc1OCc1cc(C)no1. The van der Waals surface area contributed by atoms with E-state index in [0.29, 0.717) is 31.3 Å². The second-order valence-electron chi connectivity index (χ2n) is 4.48. The number of aryl methyl sites for hydroxylation is 1. The lowest BCUT2D eigenvalue weighted by Crippen LogP contribution is -2.04. The Morgan fingerprint density at radius 1 is 1.20 bits per heavy atom. The van der Waals surface area contributed by atoms with E-state index in [9.17, 15) is 0 Å². The van der Waals surface area contributed by atoms with Gasteiger partial charge in [-0.25, -0.2) is 0 Å². The van der Waals surface area contributed by atoms with Gasteiger partial charge in [-0.1, -0.05) is 11.2 Å². The molecule has 2 N–H and O–H groups in total. The zero-order valence-corrected chi connectivity index (χ0v) is 11.9. The van der Waals surface area contributed by atoms with Crippen LogP contribution in [0.25, 0.3) is 0 Å². The normalized spacial score (nSPS) is 10.6. The monoisotopic (exact) mass is 276 g/mol. The number of benzene rings is 1. The number of nitrogens with zero attached hydrogens (tertiary/aromatic N) is 1. The third-order valence-electron chi connectivity index (χ3n) is 2.79. The second kappa shape index (κ2) is 6.96. The summed E-state index contributed by atoms with van der Waals surface area (Å²) in [4.78, 5) is 0. The molecule has 1 aromatic heterocycles. The van der Waals surface area contributed by atoms with Crippen molar-refractivity contribution in [3.8, 4) is 11.5 Å². The van der Waals surface area contributed by atoms with Crippen LogP contribution < -0.4 is 15.2 Å². The van der Waals surface area contributed by atoms with E-state index in [-0.39, 0.29) is 0 Å². The Kier molecular flexibility index (Phi) is 5.01. The number of aromatic nitrogens is 1. The molecule has 1 aromatic carbocycles. The smallest absolute Gasteiger partial charge is 0.174 e. The van der Waals surface area contributed by atoms with Crippen LogP contribution in [0, 0.1) is 6.92 Å². The third-order valence-corrected chi connectivity index (χ3v) is 2.79. The van der Waals surface area contributed by atoms with Crippen molar-refractivity contribution in [2.24, 2.45) is 5.73 Å². The van der Waals surface area contributed by atoms with Crippen LogP contribution >= 0.6 is 0 Å². The summed E-state index contributed by atoms with van der Waals surface area (Å²) in [6, 6.07) is 7.72. The Morgan fingerprint density at radius 3 is 2.70 bits per heavy atom. The summed E-state index contributed by atoms with van der Waals surface area (Å²) >= 11 is 0. The molecular formula is C15H20N2O3. The summed E-state index contributed by atoms with van der Waals surface area (Å²) in [6.45, 7) is 5.35. The molecule has 0 saturated carbocycles. The van der Waals surface area contributed by atoms with Gasteiger partial charge >= 0.3 is 0 Å². The highest BCUT2D eigenvalue weighted by atomic mass is 16.5. The first-order chi connectivity index (χ1) is 9.72. The van der Waals surface area contributed by atoms with Crippen LogP contribution in [0.15, 0.2) is 28.8 Å². The summed E-state index contributed by atoms with van der Waals surface area (Å²) in [5.41, 5.74) is 7.55. The van der Waals surface area contributed by atoms with Crippen molar-refractivity contribution in [2.45, 2.75) is 26.9 Å². The molecule has 0 saturated heterocycles. The first-order valence-corrected chi connectivity index (χ1v) is 6.73. The highest BCUT2D eigenvalue weighted by Crippen LogP contribution is 2.29. The summed E-state index contributed by atoms with van der Waals surface area (Å²) in [5, 5.41) is 3.83. The second-order valence-corrected chi connectivity index (χ2v) is 4.48. The van der Waals surface area contributed by atoms with Crippen LogP contribution in [-0.2, 0) is 13.0 Å². The molecule has 5 heteroatoms. The summed E-state index contributed by atoms with van der Waals surface area (Å²) in [6.07, 6.45) is 0.821. The van der Waals surface area contributed by atoms with E-state index in [1.807, 2.05) is 38.1 Å². The van der Waals surface area contributed by atoms with E-state index < -0.39 is 0 Å². The quantitative estimate of drug-likeness (QED) is 0.841. The largest absolute Gasteiger partial charge is 0.490 e. The fourth-order valence-corrected chi connectivity index (χ4v) is 1.90. The number of nitrogens with two attached hydrogens (primary N) is 1. The predicted octanol–water partition coefficient (Wildman–Crippen LogP) is 2.46. The molecule has 1 heterocycles. The molecule has 0 aliphatic rings. The number of hydrogen-bond donors (Lipinski definition) is 1. The van der Waals surface area contributed by atoms with Crippen LogP contribution in [0.4, 0.5) is 0 Å². The first kappa shape index (κ1) is 14.4. The molecule has 2 aromatic rings. The van der Waals surface area contributed by atoms with Gasteiger partial charge in [0.2, 0.25) is 0 Å². The van der Waals surface area contributed by atoms with E-state index in [1.165, 1.54) is 0 Å². The minimum Gasteiger partial charge on any atom is -0.490 e. The number of ether oxygens (including phenoxy) is 2. The van der Waals surface area contributed by atoms with Crippen molar-refractivity contribution in [2.75, 3.05) is 13.2 Å². The zero-order valence-electron chi connectivity index (χ0n) is 11.9. The number of hydrogen-bond acceptors (Lipinski definition) is 5. The van der Waals surface area contributed by atoms with Gasteiger partial charge < -0.3 is 19.7 Å². The molecule has 0 unspecified atom stereocenters.